The van der Waals surface area contributed by atoms with Crippen molar-refractivity contribution in [3.8, 4) is 0 Å². The zero-order chi connectivity index (χ0) is 23.8. The maximum Gasteiger partial charge on any atom is 0.338 e. The molecular weight excluding hydrogens is 444 g/mol. The number of aryl methyl sites for hydroxylation is 1. The summed E-state index contributed by atoms with van der Waals surface area (Å²) in [6.07, 6.45) is 1.88. The summed E-state index contributed by atoms with van der Waals surface area (Å²) in [7, 11) is 0. The first-order valence-corrected chi connectivity index (χ1v) is 12.0. The lowest BCUT2D eigenvalue weighted by atomic mass is 9.91. The van der Waals surface area contributed by atoms with E-state index in [-0.39, 0.29) is 12.2 Å². The van der Waals surface area contributed by atoms with Crippen molar-refractivity contribution in [1.82, 2.24) is 4.57 Å². The van der Waals surface area contributed by atoms with Crippen LogP contribution in [0, 0.1) is 6.92 Å². The predicted molar refractivity (Wildman–Crippen MR) is 136 cm³/mol. The van der Waals surface area contributed by atoms with E-state index in [2.05, 4.69) is 4.99 Å². The number of hydrogen-bond acceptors (Lipinski definition) is 5. The van der Waals surface area contributed by atoms with E-state index >= 15 is 0 Å². The summed E-state index contributed by atoms with van der Waals surface area (Å²) in [6, 6.07) is 21.3. The van der Waals surface area contributed by atoms with E-state index in [4.69, 9.17) is 4.74 Å². The van der Waals surface area contributed by atoms with E-state index in [0.29, 0.717) is 20.6 Å². The smallest absolute Gasteiger partial charge is 0.338 e. The van der Waals surface area contributed by atoms with Crippen molar-refractivity contribution in [2.24, 2.45) is 4.99 Å². The molecule has 34 heavy (non-hydrogen) atoms. The summed E-state index contributed by atoms with van der Waals surface area (Å²) >= 11 is 1.34. The van der Waals surface area contributed by atoms with Crippen LogP contribution < -0.4 is 14.9 Å². The van der Waals surface area contributed by atoms with Gasteiger partial charge in [-0.15, -0.1) is 0 Å². The van der Waals surface area contributed by atoms with Gasteiger partial charge in [0, 0.05) is 0 Å². The fourth-order valence-electron chi connectivity index (χ4n) is 4.39. The van der Waals surface area contributed by atoms with Crippen molar-refractivity contribution in [3.05, 3.63) is 114 Å². The zero-order valence-electron chi connectivity index (χ0n) is 19.2. The molecule has 0 saturated heterocycles. The van der Waals surface area contributed by atoms with Gasteiger partial charge < -0.3 is 4.74 Å². The lowest BCUT2D eigenvalue weighted by molar-refractivity contribution is -0.139. The molecule has 5 rings (SSSR count). The number of rotatable bonds is 4. The minimum atomic E-state index is -0.624. The number of benzene rings is 3. The Hall–Kier alpha value is -3.77. The Morgan fingerprint density at radius 2 is 1.79 bits per heavy atom. The summed E-state index contributed by atoms with van der Waals surface area (Å²) in [5.41, 5.74) is 3.77. The Bertz CT molecular complexity index is 1620. The highest BCUT2D eigenvalue weighted by Crippen LogP contribution is 2.34. The van der Waals surface area contributed by atoms with Crippen molar-refractivity contribution in [3.63, 3.8) is 0 Å². The number of allylic oxidation sites excluding steroid dienone is 1. The Morgan fingerprint density at radius 3 is 2.56 bits per heavy atom. The molecule has 1 aliphatic rings. The second-order valence-corrected chi connectivity index (χ2v) is 9.29. The summed E-state index contributed by atoms with van der Waals surface area (Å²) in [4.78, 5) is 32.1. The summed E-state index contributed by atoms with van der Waals surface area (Å²) in [6.45, 7) is 5.86. The highest BCUT2D eigenvalue weighted by molar-refractivity contribution is 7.07. The van der Waals surface area contributed by atoms with Gasteiger partial charge in [-0.3, -0.25) is 9.36 Å². The van der Waals surface area contributed by atoms with Crippen LogP contribution in [0.4, 0.5) is 0 Å². The molecule has 0 unspecified atom stereocenters. The first-order valence-electron chi connectivity index (χ1n) is 11.2. The predicted octanol–water partition coefficient (Wildman–Crippen LogP) is 4.26. The second kappa shape index (κ2) is 8.88. The third-order valence-electron chi connectivity index (χ3n) is 6.01. The molecule has 0 N–H and O–H groups in total. The molecule has 0 bridgehead atoms. The van der Waals surface area contributed by atoms with Crippen molar-refractivity contribution in [2.75, 3.05) is 6.61 Å². The number of carbonyl (C=O) groups is 1. The lowest BCUT2D eigenvalue weighted by Gasteiger charge is -2.25. The van der Waals surface area contributed by atoms with Gasteiger partial charge in [0.25, 0.3) is 5.56 Å². The van der Waals surface area contributed by atoms with Crippen LogP contribution in [0.1, 0.15) is 36.6 Å². The van der Waals surface area contributed by atoms with Gasteiger partial charge >= 0.3 is 5.97 Å². The minimum Gasteiger partial charge on any atom is -0.463 e. The third-order valence-corrected chi connectivity index (χ3v) is 6.99. The highest BCUT2D eigenvalue weighted by atomic mass is 32.1. The van der Waals surface area contributed by atoms with Crippen molar-refractivity contribution in [1.29, 1.82) is 0 Å². The summed E-state index contributed by atoms with van der Waals surface area (Å²) in [5.74, 6) is -0.450. The zero-order valence-corrected chi connectivity index (χ0v) is 20.1. The van der Waals surface area contributed by atoms with Crippen molar-refractivity contribution >= 4 is 34.2 Å². The number of esters is 1. The molecule has 0 saturated carbocycles. The third kappa shape index (κ3) is 3.80. The number of carbonyl (C=O) groups excluding carboxylic acids is 1. The average Bonchev–Trinajstić information content (AvgIpc) is 3.13. The molecule has 170 valence electrons. The maximum atomic E-state index is 13.7. The first kappa shape index (κ1) is 22.0. The molecule has 1 aromatic heterocycles. The molecule has 1 aliphatic heterocycles. The Kier molecular flexibility index (Phi) is 5.75. The number of nitrogens with zero attached hydrogens (tertiary/aromatic N) is 2. The largest absolute Gasteiger partial charge is 0.463 e. The van der Waals surface area contributed by atoms with Gasteiger partial charge in [0.2, 0.25) is 0 Å². The van der Waals surface area contributed by atoms with Gasteiger partial charge in [-0.1, -0.05) is 83.6 Å². The number of hydrogen-bond donors (Lipinski definition) is 0. The fourth-order valence-corrected chi connectivity index (χ4v) is 5.44. The topological polar surface area (TPSA) is 60.7 Å². The second-order valence-electron chi connectivity index (χ2n) is 8.28. The van der Waals surface area contributed by atoms with Gasteiger partial charge in [-0.2, -0.15) is 0 Å². The molecule has 2 heterocycles. The normalized spacial score (nSPS) is 15.9. The van der Waals surface area contributed by atoms with Gasteiger partial charge in [-0.05, 0) is 48.7 Å². The van der Waals surface area contributed by atoms with E-state index < -0.39 is 12.0 Å². The standard InChI is InChI=1S/C28H24N2O3S/c1-4-33-27(32)24-18(3)29-28-30(25(24)22-11-7-9-20-8-5-6-10-21(20)22)26(31)23(34-28)16-19-14-12-17(2)13-15-19/h5-16,25H,4H2,1-3H3/b23-16-/t25-/m0/s1. The maximum absolute atomic E-state index is 13.7. The van der Waals surface area contributed by atoms with E-state index in [1.165, 1.54) is 11.3 Å². The lowest BCUT2D eigenvalue weighted by Crippen LogP contribution is -2.40. The van der Waals surface area contributed by atoms with Crippen LogP contribution in [0.5, 0.6) is 0 Å². The van der Waals surface area contributed by atoms with Crippen LogP contribution >= 0.6 is 11.3 Å². The van der Waals surface area contributed by atoms with Crippen molar-refractivity contribution in [2.45, 2.75) is 26.8 Å². The molecule has 0 aliphatic carbocycles. The number of aromatic nitrogens is 1. The van der Waals surface area contributed by atoms with Crippen LogP contribution in [-0.4, -0.2) is 17.1 Å². The summed E-state index contributed by atoms with van der Waals surface area (Å²) in [5, 5.41) is 2.03. The van der Waals surface area contributed by atoms with Crippen molar-refractivity contribution < 1.29 is 9.53 Å². The molecule has 0 radical (unpaired) electrons. The Morgan fingerprint density at radius 1 is 1.06 bits per heavy atom. The average molecular weight is 469 g/mol. The molecule has 6 heteroatoms. The monoisotopic (exact) mass is 468 g/mol. The quantitative estimate of drug-likeness (QED) is 0.421. The molecule has 1 atom stereocenters. The molecule has 4 aromatic rings. The molecule has 3 aromatic carbocycles. The van der Waals surface area contributed by atoms with Gasteiger partial charge in [-0.25, -0.2) is 9.79 Å². The van der Waals surface area contributed by atoms with Crippen LogP contribution in [-0.2, 0) is 9.53 Å². The minimum absolute atomic E-state index is 0.170. The van der Waals surface area contributed by atoms with Crippen LogP contribution in [0.2, 0.25) is 0 Å². The van der Waals surface area contributed by atoms with E-state index in [1.807, 2.05) is 79.7 Å². The molecule has 0 amide bonds. The van der Waals surface area contributed by atoms with Crippen LogP contribution in [0.3, 0.4) is 0 Å². The SMILES string of the molecule is CCOC(=O)C1=C(C)N=c2s/c(=C\c3ccc(C)cc3)c(=O)n2[C@H]1c1cccc2ccccc12. The number of thiazole rings is 1. The molecule has 0 spiro atoms. The van der Waals surface area contributed by atoms with Gasteiger partial charge in [0.15, 0.2) is 4.80 Å². The Labute approximate surface area is 201 Å². The molecule has 0 fully saturated rings. The van der Waals surface area contributed by atoms with Gasteiger partial charge in [0.1, 0.15) is 0 Å². The van der Waals surface area contributed by atoms with E-state index in [1.54, 1.807) is 18.4 Å². The number of fused-ring (bicyclic) bond motifs is 2. The van der Waals surface area contributed by atoms with Crippen LogP contribution in [0.25, 0.3) is 16.8 Å². The fraction of sp³-hybridized carbons (Fsp3) is 0.179. The van der Waals surface area contributed by atoms with E-state index in [0.717, 1.165) is 27.5 Å². The van der Waals surface area contributed by atoms with Crippen LogP contribution in [0.15, 0.2) is 87.8 Å². The Balaban J connectivity index is 1.80. The van der Waals surface area contributed by atoms with Gasteiger partial charge in [0.05, 0.1) is 28.5 Å². The highest BCUT2D eigenvalue weighted by Gasteiger charge is 2.34. The summed E-state index contributed by atoms with van der Waals surface area (Å²) < 4.78 is 7.63. The first-order chi connectivity index (χ1) is 16.5. The van der Waals surface area contributed by atoms with E-state index in [9.17, 15) is 9.59 Å². The number of ether oxygens (including phenoxy) is 1. The molecular formula is C28H24N2O3S. The molecule has 5 nitrogen and oxygen atoms in total.